The zero-order valence-electron chi connectivity index (χ0n) is 11.8. The predicted molar refractivity (Wildman–Crippen MR) is 83.4 cm³/mol. The molecule has 0 radical (unpaired) electrons. The van der Waals surface area contributed by atoms with Crippen molar-refractivity contribution in [1.82, 2.24) is 9.97 Å². The second-order valence-corrected chi connectivity index (χ2v) is 5.33. The highest BCUT2D eigenvalue weighted by Crippen LogP contribution is 2.24. The Morgan fingerprint density at radius 3 is 2.55 bits per heavy atom. The lowest BCUT2D eigenvalue weighted by Gasteiger charge is -2.05. The third-order valence-corrected chi connectivity index (χ3v) is 3.75. The number of anilines is 1. The number of nitrogens with one attached hydrogen (secondary N) is 1. The highest BCUT2D eigenvalue weighted by atomic mass is 32.2. The normalized spacial score (nSPS) is 10.3. The maximum absolute atomic E-state index is 5.14. The minimum atomic E-state index is 0.813. The first-order chi connectivity index (χ1) is 9.81. The van der Waals surface area contributed by atoms with Crippen molar-refractivity contribution >= 4 is 17.6 Å². The first-order valence-electron chi connectivity index (χ1n) is 6.63. The van der Waals surface area contributed by atoms with Crippen LogP contribution in [0.25, 0.3) is 0 Å². The van der Waals surface area contributed by atoms with E-state index < -0.39 is 0 Å². The molecular weight excluding hydrogens is 270 g/mol. The molecule has 0 fully saturated rings. The van der Waals surface area contributed by atoms with Gasteiger partial charge in [0.15, 0.2) is 0 Å². The fraction of sp³-hybridized carbons (Fsp3) is 0.333. The van der Waals surface area contributed by atoms with Gasteiger partial charge in [0, 0.05) is 17.2 Å². The first kappa shape index (κ1) is 14.7. The summed E-state index contributed by atoms with van der Waals surface area (Å²) in [5.74, 6) is 2.53. The van der Waals surface area contributed by atoms with E-state index in [1.807, 2.05) is 30.5 Å². The SMILES string of the molecule is CCCNc1cnc(CSc2ccc(OC)cc2)cn1. The van der Waals surface area contributed by atoms with E-state index in [-0.39, 0.29) is 0 Å². The molecule has 1 N–H and O–H groups in total. The van der Waals surface area contributed by atoms with Gasteiger partial charge in [-0.3, -0.25) is 4.98 Å². The van der Waals surface area contributed by atoms with Gasteiger partial charge >= 0.3 is 0 Å². The Morgan fingerprint density at radius 2 is 1.95 bits per heavy atom. The molecule has 4 nitrogen and oxygen atoms in total. The third-order valence-electron chi connectivity index (χ3n) is 2.71. The summed E-state index contributed by atoms with van der Waals surface area (Å²) >= 11 is 1.74. The summed E-state index contributed by atoms with van der Waals surface area (Å²) < 4.78 is 5.14. The van der Waals surface area contributed by atoms with Gasteiger partial charge in [-0.2, -0.15) is 0 Å². The lowest BCUT2D eigenvalue weighted by Crippen LogP contribution is -2.02. The summed E-state index contributed by atoms with van der Waals surface area (Å²) in [6.45, 7) is 3.05. The van der Waals surface area contributed by atoms with Crippen molar-refractivity contribution in [2.24, 2.45) is 0 Å². The van der Waals surface area contributed by atoms with Crippen LogP contribution in [0.2, 0.25) is 0 Å². The topological polar surface area (TPSA) is 47.0 Å². The van der Waals surface area contributed by atoms with E-state index in [1.54, 1.807) is 25.1 Å². The van der Waals surface area contributed by atoms with E-state index in [9.17, 15) is 0 Å². The molecule has 0 aliphatic rings. The highest BCUT2D eigenvalue weighted by molar-refractivity contribution is 7.98. The zero-order valence-corrected chi connectivity index (χ0v) is 12.6. The van der Waals surface area contributed by atoms with E-state index in [0.717, 1.165) is 36.0 Å². The number of rotatable bonds is 7. The Hall–Kier alpha value is -1.75. The zero-order chi connectivity index (χ0) is 14.2. The van der Waals surface area contributed by atoms with Crippen molar-refractivity contribution < 1.29 is 4.74 Å². The van der Waals surface area contributed by atoms with Gasteiger partial charge in [-0.15, -0.1) is 11.8 Å². The Balaban J connectivity index is 1.86. The summed E-state index contributed by atoms with van der Waals surface area (Å²) in [6.07, 6.45) is 4.70. The molecule has 0 saturated heterocycles. The third kappa shape index (κ3) is 4.42. The Bertz CT molecular complexity index is 514. The van der Waals surface area contributed by atoms with Gasteiger partial charge in [-0.25, -0.2) is 4.98 Å². The van der Waals surface area contributed by atoms with Gasteiger partial charge in [0.05, 0.1) is 25.2 Å². The average molecular weight is 289 g/mol. The van der Waals surface area contributed by atoms with Crippen LogP contribution in [0.5, 0.6) is 5.75 Å². The Labute approximate surface area is 124 Å². The number of thioether (sulfide) groups is 1. The summed E-state index contributed by atoms with van der Waals surface area (Å²) in [5, 5.41) is 3.21. The van der Waals surface area contributed by atoms with Crippen molar-refractivity contribution in [1.29, 1.82) is 0 Å². The van der Waals surface area contributed by atoms with Crippen molar-refractivity contribution in [2.75, 3.05) is 19.0 Å². The lowest BCUT2D eigenvalue weighted by molar-refractivity contribution is 0.414. The highest BCUT2D eigenvalue weighted by Gasteiger charge is 2.00. The van der Waals surface area contributed by atoms with E-state index in [1.165, 1.54) is 4.90 Å². The number of nitrogens with zero attached hydrogens (tertiary/aromatic N) is 2. The molecule has 0 saturated carbocycles. The fourth-order valence-corrected chi connectivity index (χ4v) is 2.40. The maximum Gasteiger partial charge on any atom is 0.144 e. The van der Waals surface area contributed by atoms with Crippen molar-refractivity contribution in [3.63, 3.8) is 0 Å². The molecular formula is C15H19N3OS. The van der Waals surface area contributed by atoms with Crippen LogP contribution in [-0.4, -0.2) is 23.6 Å². The van der Waals surface area contributed by atoms with Crippen LogP contribution in [-0.2, 0) is 5.75 Å². The Morgan fingerprint density at radius 1 is 1.15 bits per heavy atom. The first-order valence-corrected chi connectivity index (χ1v) is 7.62. The molecule has 0 atom stereocenters. The van der Waals surface area contributed by atoms with Gasteiger partial charge < -0.3 is 10.1 Å². The summed E-state index contributed by atoms with van der Waals surface area (Å²) in [6, 6.07) is 8.03. The van der Waals surface area contributed by atoms with Crippen molar-refractivity contribution in [3.05, 3.63) is 42.4 Å². The predicted octanol–water partition coefficient (Wildman–Crippen LogP) is 3.60. The Kier molecular flexibility index (Phi) is 5.68. The molecule has 0 unspecified atom stereocenters. The largest absolute Gasteiger partial charge is 0.497 e. The van der Waals surface area contributed by atoms with Crippen LogP contribution in [0.3, 0.4) is 0 Å². The van der Waals surface area contributed by atoms with Gasteiger partial charge in [-0.05, 0) is 30.7 Å². The van der Waals surface area contributed by atoms with Gasteiger partial charge in [0.1, 0.15) is 11.6 Å². The molecule has 0 aliphatic carbocycles. The number of methoxy groups -OCH3 is 1. The lowest BCUT2D eigenvalue weighted by atomic mass is 10.3. The molecule has 20 heavy (non-hydrogen) atoms. The smallest absolute Gasteiger partial charge is 0.144 e. The van der Waals surface area contributed by atoms with E-state index in [4.69, 9.17) is 4.74 Å². The molecule has 1 aromatic heterocycles. The van der Waals surface area contributed by atoms with E-state index >= 15 is 0 Å². The molecule has 0 amide bonds. The quantitative estimate of drug-likeness (QED) is 0.789. The van der Waals surface area contributed by atoms with Crippen LogP contribution in [0.4, 0.5) is 5.82 Å². The maximum atomic E-state index is 5.14. The molecule has 0 bridgehead atoms. The number of hydrogen-bond donors (Lipinski definition) is 1. The second kappa shape index (κ2) is 7.75. The van der Waals surface area contributed by atoms with Gasteiger partial charge in [0.25, 0.3) is 0 Å². The summed E-state index contributed by atoms with van der Waals surface area (Å²) in [7, 11) is 1.67. The molecule has 1 heterocycles. The van der Waals surface area contributed by atoms with Gasteiger partial charge in [0.2, 0.25) is 0 Å². The molecule has 1 aromatic carbocycles. The molecule has 0 aliphatic heterocycles. The standard InChI is InChI=1S/C15H19N3OS/c1-3-8-16-15-10-17-12(9-18-15)11-20-14-6-4-13(19-2)5-7-14/h4-7,9-10H,3,8,11H2,1-2H3,(H,16,18). The van der Waals surface area contributed by atoms with Crippen LogP contribution in [0, 0.1) is 0 Å². The van der Waals surface area contributed by atoms with Crippen molar-refractivity contribution in [3.8, 4) is 5.75 Å². The van der Waals surface area contributed by atoms with Crippen LogP contribution in [0.15, 0.2) is 41.6 Å². The number of aromatic nitrogens is 2. The van der Waals surface area contributed by atoms with Crippen LogP contribution in [0.1, 0.15) is 19.0 Å². The van der Waals surface area contributed by atoms with E-state index in [2.05, 4.69) is 22.2 Å². The second-order valence-electron chi connectivity index (χ2n) is 4.28. The van der Waals surface area contributed by atoms with Crippen molar-refractivity contribution in [2.45, 2.75) is 24.0 Å². The summed E-state index contributed by atoms with van der Waals surface area (Å²) in [4.78, 5) is 9.95. The van der Waals surface area contributed by atoms with Gasteiger partial charge in [-0.1, -0.05) is 6.92 Å². The number of hydrogen-bond acceptors (Lipinski definition) is 5. The molecule has 0 spiro atoms. The minimum absolute atomic E-state index is 0.813. The molecule has 5 heteroatoms. The monoisotopic (exact) mass is 289 g/mol. The molecule has 2 aromatic rings. The van der Waals surface area contributed by atoms with Crippen LogP contribution >= 0.6 is 11.8 Å². The molecule has 106 valence electrons. The average Bonchev–Trinajstić information content (AvgIpc) is 2.52. The minimum Gasteiger partial charge on any atom is -0.497 e. The van der Waals surface area contributed by atoms with E-state index in [0.29, 0.717) is 0 Å². The number of benzene rings is 1. The molecule has 2 rings (SSSR count). The van der Waals surface area contributed by atoms with Crippen LogP contribution < -0.4 is 10.1 Å². The summed E-state index contributed by atoms with van der Waals surface area (Å²) in [5.41, 5.74) is 0.980. The fourth-order valence-electron chi connectivity index (χ4n) is 1.60. The number of ether oxygens (including phenoxy) is 1.